The number of hydrogen-bond donors (Lipinski definition) is 2. The van der Waals surface area contributed by atoms with Crippen LogP contribution in [0.2, 0.25) is 5.02 Å². The highest BCUT2D eigenvalue weighted by molar-refractivity contribution is 6.30. The third-order valence-corrected chi connectivity index (χ3v) is 2.95. The molecule has 1 heterocycles. The van der Waals surface area contributed by atoms with Crippen LogP contribution in [0.15, 0.2) is 18.2 Å². The Bertz CT molecular complexity index is 441. The van der Waals surface area contributed by atoms with Crippen molar-refractivity contribution in [2.45, 2.75) is 6.04 Å². The SMILES string of the molecule is NC1COCC1C(=O)Nc1ccc(Cl)c(F)c1. The topological polar surface area (TPSA) is 64.3 Å². The normalized spacial score (nSPS) is 23.7. The zero-order chi connectivity index (χ0) is 12.4. The standard InChI is InChI=1S/C11H12ClFN2O2/c12-8-2-1-6(3-9(8)13)15-11(16)7-4-17-5-10(7)14/h1-3,7,10H,4-5,14H2,(H,15,16). The summed E-state index contributed by atoms with van der Waals surface area (Å²) >= 11 is 5.54. The van der Waals surface area contributed by atoms with Gasteiger partial charge in [-0.3, -0.25) is 4.79 Å². The molecule has 1 saturated heterocycles. The molecule has 0 bridgehead atoms. The van der Waals surface area contributed by atoms with E-state index in [1.807, 2.05) is 0 Å². The summed E-state index contributed by atoms with van der Waals surface area (Å²) in [6.07, 6.45) is 0. The van der Waals surface area contributed by atoms with Crippen LogP contribution in [0, 0.1) is 11.7 Å². The van der Waals surface area contributed by atoms with Gasteiger partial charge in [-0.15, -0.1) is 0 Å². The maximum absolute atomic E-state index is 13.2. The van der Waals surface area contributed by atoms with Crippen LogP contribution in [0.4, 0.5) is 10.1 Å². The number of amides is 1. The van der Waals surface area contributed by atoms with Gasteiger partial charge in [-0.05, 0) is 18.2 Å². The van der Waals surface area contributed by atoms with Gasteiger partial charge in [0.05, 0.1) is 24.2 Å². The van der Waals surface area contributed by atoms with Crippen molar-refractivity contribution in [1.29, 1.82) is 0 Å². The summed E-state index contributed by atoms with van der Waals surface area (Å²) in [6, 6.07) is 3.77. The van der Waals surface area contributed by atoms with E-state index in [9.17, 15) is 9.18 Å². The number of hydrogen-bond acceptors (Lipinski definition) is 3. The van der Waals surface area contributed by atoms with E-state index in [1.54, 1.807) is 0 Å². The highest BCUT2D eigenvalue weighted by Crippen LogP contribution is 2.20. The maximum Gasteiger partial charge on any atom is 0.231 e. The second kappa shape index (κ2) is 5.00. The maximum atomic E-state index is 13.2. The van der Waals surface area contributed by atoms with Crippen molar-refractivity contribution in [2.75, 3.05) is 18.5 Å². The van der Waals surface area contributed by atoms with E-state index in [2.05, 4.69) is 5.32 Å². The Morgan fingerprint density at radius 2 is 2.29 bits per heavy atom. The minimum atomic E-state index is -0.573. The summed E-state index contributed by atoms with van der Waals surface area (Å²) < 4.78 is 18.2. The lowest BCUT2D eigenvalue weighted by Gasteiger charge is -2.13. The van der Waals surface area contributed by atoms with Crippen LogP contribution in [0.25, 0.3) is 0 Å². The molecular weight excluding hydrogens is 247 g/mol. The first kappa shape index (κ1) is 12.3. The van der Waals surface area contributed by atoms with Gasteiger partial charge in [0.15, 0.2) is 0 Å². The second-order valence-electron chi connectivity index (χ2n) is 3.93. The largest absolute Gasteiger partial charge is 0.379 e. The smallest absolute Gasteiger partial charge is 0.231 e. The van der Waals surface area contributed by atoms with E-state index >= 15 is 0 Å². The predicted octanol–water partition coefficient (Wildman–Crippen LogP) is 1.39. The van der Waals surface area contributed by atoms with E-state index in [4.69, 9.17) is 22.1 Å². The number of carbonyl (C=O) groups excluding carboxylic acids is 1. The van der Waals surface area contributed by atoms with Gasteiger partial charge >= 0.3 is 0 Å². The van der Waals surface area contributed by atoms with Crippen LogP contribution in [0.3, 0.4) is 0 Å². The number of nitrogens with one attached hydrogen (secondary N) is 1. The summed E-state index contributed by atoms with van der Waals surface area (Å²) in [7, 11) is 0. The average molecular weight is 259 g/mol. The molecule has 17 heavy (non-hydrogen) atoms. The minimum absolute atomic E-state index is 0.0175. The van der Waals surface area contributed by atoms with Gasteiger partial charge in [0.2, 0.25) is 5.91 Å². The van der Waals surface area contributed by atoms with E-state index < -0.39 is 11.7 Å². The molecule has 1 fully saturated rings. The molecule has 0 aromatic heterocycles. The predicted molar refractivity (Wildman–Crippen MR) is 62.3 cm³/mol. The Hall–Kier alpha value is -1.17. The van der Waals surface area contributed by atoms with Crippen LogP contribution in [-0.2, 0) is 9.53 Å². The average Bonchev–Trinajstić information content (AvgIpc) is 2.70. The van der Waals surface area contributed by atoms with Crippen molar-refractivity contribution in [3.8, 4) is 0 Å². The molecule has 0 spiro atoms. The fourth-order valence-corrected chi connectivity index (χ4v) is 1.77. The first-order valence-corrected chi connectivity index (χ1v) is 5.55. The Labute approximate surface area is 103 Å². The molecule has 1 aromatic rings. The van der Waals surface area contributed by atoms with Crippen LogP contribution in [0.5, 0.6) is 0 Å². The molecule has 2 atom stereocenters. The summed E-state index contributed by atoms with van der Waals surface area (Å²) in [5.74, 6) is -1.23. The molecule has 1 aromatic carbocycles. The Kier molecular flexibility index (Phi) is 3.61. The van der Waals surface area contributed by atoms with Crippen molar-refractivity contribution in [1.82, 2.24) is 0 Å². The van der Waals surface area contributed by atoms with Gasteiger partial charge in [-0.1, -0.05) is 11.6 Å². The third-order valence-electron chi connectivity index (χ3n) is 2.65. The van der Waals surface area contributed by atoms with Crippen molar-refractivity contribution < 1.29 is 13.9 Å². The Morgan fingerprint density at radius 1 is 1.53 bits per heavy atom. The molecule has 2 unspecified atom stereocenters. The monoisotopic (exact) mass is 258 g/mol. The molecule has 1 amide bonds. The highest BCUT2D eigenvalue weighted by Gasteiger charge is 2.31. The first-order valence-electron chi connectivity index (χ1n) is 5.17. The summed E-state index contributed by atoms with van der Waals surface area (Å²) in [5.41, 5.74) is 6.06. The molecule has 4 nitrogen and oxygen atoms in total. The number of carbonyl (C=O) groups is 1. The molecule has 92 valence electrons. The number of anilines is 1. The summed E-state index contributed by atoms with van der Waals surface area (Å²) in [6.45, 7) is 0.663. The van der Waals surface area contributed by atoms with Gasteiger partial charge in [0, 0.05) is 11.7 Å². The molecule has 1 aliphatic heterocycles. The third kappa shape index (κ3) is 2.74. The van der Waals surface area contributed by atoms with Crippen LogP contribution in [-0.4, -0.2) is 25.2 Å². The molecule has 1 aliphatic rings. The van der Waals surface area contributed by atoms with Crippen molar-refractivity contribution in [3.63, 3.8) is 0 Å². The molecule has 0 saturated carbocycles. The molecule has 6 heteroatoms. The number of halogens is 2. The number of rotatable bonds is 2. The first-order chi connectivity index (χ1) is 8.08. The van der Waals surface area contributed by atoms with Gasteiger partial charge in [-0.25, -0.2) is 4.39 Å². The zero-order valence-corrected chi connectivity index (χ0v) is 9.71. The van der Waals surface area contributed by atoms with Crippen molar-refractivity contribution in [3.05, 3.63) is 29.0 Å². The van der Waals surface area contributed by atoms with E-state index in [1.165, 1.54) is 18.2 Å². The quantitative estimate of drug-likeness (QED) is 0.843. The van der Waals surface area contributed by atoms with E-state index in [0.717, 1.165) is 0 Å². The fourth-order valence-electron chi connectivity index (χ4n) is 1.65. The summed E-state index contributed by atoms with van der Waals surface area (Å²) in [4.78, 5) is 11.8. The second-order valence-corrected chi connectivity index (χ2v) is 4.33. The van der Waals surface area contributed by atoms with Gasteiger partial charge in [-0.2, -0.15) is 0 Å². The van der Waals surface area contributed by atoms with Gasteiger partial charge < -0.3 is 15.8 Å². The Balaban J connectivity index is 2.05. The zero-order valence-electron chi connectivity index (χ0n) is 8.95. The van der Waals surface area contributed by atoms with Crippen LogP contribution in [0.1, 0.15) is 0 Å². The Morgan fingerprint density at radius 3 is 2.88 bits per heavy atom. The molecule has 0 aliphatic carbocycles. The van der Waals surface area contributed by atoms with E-state index in [0.29, 0.717) is 18.9 Å². The fraction of sp³-hybridized carbons (Fsp3) is 0.364. The minimum Gasteiger partial charge on any atom is -0.379 e. The molecular formula is C11H12ClFN2O2. The number of ether oxygens (including phenoxy) is 1. The summed E-state index contributed by atoms with van der Waals surface area (Å²) in [5, 5.41) is 2.60. The highest BCUT2D eigenvalue weighted by atomic mass is 35.5. The molecule has 0 radical (unpaired) electrons. The van der Waals surface area contributed by atoms with Crippen LogP contribution >= 0.6 is 11.6 Å². The van der Waals surface area contributed by atoms with E-state index in [-0.39, 0.29) is 17.0 Å². The van der Waals surface area contributed by atoms with Gasteiger partial charge in [0.1, 0.15) is 5.82 Å². The molecule has 3 N–H and O–H groups in total. The molecule has 2 rings (SSSR count). The van der Waals surface area contributed by atoms with Crippen LogP contribution < -0.4 is 11.1 Å². The lowest BCUT2D eigenvalue weighted by Crippen LogP contribution is -2.37. The van der Waals surface area contributed by atoms with Crippen molar-refractivity contribution >= 4 is 23.2 Å². The lowest BCUT2D eigenvalue weighted by molar-refractivity contribution is -0.120. The van der Waals surface area contributed by atoms with Crippen molar-refractivity contribution in [2.24, 2.45) is 11.7 Å². The lowest BCUT2D eigenvalue weighted by atomic mass is 10.0. The van der Waals surface area contributed by atoms with Gasteiger partial charge in [0.25, 0.3) is 0 Å². The number of benzene rings is 1. The number of nitrogens with two attached hydrogens (primary N) is 1.